The van der Waals surface area contributed by atoms with Gasteiger partial charge in [-0.15, -0.1) is 11.3 Å². The van der Waals surface area contributed by atoms with E-state index in [1.807, 2.05) is 17.5 Å². The van der Waals surface area contributed by atoms with E-state index in [9.17, 15) is 9.90 Å². The van der Waals surface area contributed by atoms with Gasteiger partial charge in [0.15, 0.2) is 0 Å². The third-order valence-electron chi connectivity index (χ3n) is 2.50. The molecule has 0 amide bonds. The SMILES string of the molecule is O=C(O)C1CC(O)(c2cccs2)C1. The molecule has 1 saturated carbocycles. The lowest BCUT2D eigenvalue weighted by molar-refractivity contribution is -0.159. The van der Waals surface area contributed by atoms with Crippen LogP contribution in [0.1, 0.15) is 17.7 Å². The van der Waals surface area contributed by atoms with E-state index in [4.69, 9.17) is 5.11 Å². The summed E-state index contributed by atoms with van der Waals surface area (Å²) in [5.41, 5.74) is -0.864. The van der Waals surface area contributed by atoms with E-state index in [1.54, 1.807) is 0 Å². The average Bonchev–Trinajstić information content (AvgIpc) is 2.49. The number of hydrogen-bond acceptors (Lipinski definition) is 3. The van der Waals surface area contributed by atoms with Crippen LogP contribution in [-0.2, 0) is 10.4 Å². The van der Waals surface area contributed by atoms with Crippen LogP contribution in [0.5, 0.6) is 0 Å². The van der Waals surface area contributed by atoms with Crippen LogP contribution < -0.4 is 0 Å². The predicted molar refractivity (Wildman–Crippen MR) is 48.6 cm³/mol. The van der Waals surface area contributed by atoms with Crippen molar-refractivity contribution in [1.29, 1.82) is 0 Å². The van der Waals surface area contributed by atoms with Gasteiger partial charge in [-0.1, -0.05) is 6.07 Å². The first-order valence-corrected chi connectivity index (χ1v) is 4.99. The lowest BCUT2D eigenvalue weighted by Crippen LogP contribution is -2.43. The lowest BCUT2D eigenvalue weighted by atomic mass is 9.70. The summed E-state index contributed by atoms with van der Waals surface area (Å²) in [6.45, 7) is 0. The third kappa shape index (κ3) is 1.36. The Balaban J connectivity index is 2.08. The lowest BCUT2D eigenvalue weighted by Gasteiger charge is -2.40. The van der Waals surface area contributed by atoms with Crippen LogP contribution in [-0.4, -0.2) is 16.2 Å². The molecule has 0 spiro atoms. The molecule has 2 rings (SSSR count). The minimum Gasteiger partial charge on any atom is -0.481 e. The fourth-order valence-corrected chi connectivity index (χ4v) is 2.52. The van der Waals surface area contributed by atoms with Gasteiger partial charge in [0.25, 0.3) is 0 Å². The topological polar surface area (TPSA) is 57.5 Å². The zero-order chi connectivity index (χ0) is 9.47. The Hall–Kier alpha value is -0.870. The van der Waals surface area contributed by atoms with Crippen LogP contribution >= 0.6 is 11.3 Å². The summed E-state index contributed by atoms with van der Waals surface area (Å²) >= 11 is 1.48. The summed E-state index contributed by atoms with van der Waals surface area (Å²) in [5.74, 6) is -1.17. The molecule has 1 aromatic rings. The largest absolute Gasteiger partial charge is 0.481 e. The second kappa shape index (κ2) is 2.82. The molecule has 1 aliphatic rings. The maximum Gasteiger partial charge on any atom is 0.306 e. The van der Waals surface area contributed by atoms with Gasteiger partial charge in [0.05, 0.1) is 5.92 Å². The van der Waals surface area contributed by atoms with E-state index in [-0.39, 0.29) is 5.92 Å². The van der Waals surface area contributed by atoms with Gasteiger partial charge in [-0.2, -0.15) is 0 Å². The zero-order valence-electron chi connectivity index (χ0n) is 6.93. The van der Waals surface area contributed by atoms with Gasteiger partial charge in [-0.25, -0.2) is 0 Å². The molecular weight excluding hydrogens is 188 g/mol. The Morgan fingerprint density at radius 1 is 1.62 bits per heavy atom. The molecule has 2 N–H and O–H groups in total. The van der Waals surface area contributed by atoms with Crippen LogP contribution in [0.15, 0.2) is 17.5 Å². The summed E-state index contributed by atoms with van der Waals surface area (Å²) in [5, 5.41) is 20.5. The first kappa shape index (κ1) is 8.72. The van der Waals surface area contributed by atoms with Crippen LogP contribution in [0, 0.1) is 5.92 Å². The third-order valence-corrected chi connectivity index (χ3v) is 3.56. The number of carboxylic acids is 1. The molecule has 1 heterocycles. The van der Waals surface area contributed by atoms with Gasteiger partial charge in [0.2, 0.25) is 0 Å². The zero-order valence-corrected chi connectivity index (χ0v) is 7.75. The van der Waals surface area contributed by atoms with Crippen LogP contribution in [0.3, 0.4) is 0 Å². The number of aliphatic carboxylic acids is 1. The first-order chi connectivity index (χ1) is 6.12. The highest BCUT2D eigenvalue weighted by Gasteiger charge is 2.47. The van der Waals surface area contributed by atoms with Crippen molar-refractivity contribution in [3.63, 3.8) is 0 Å². The van der Waals surface area contributed by atoms with Crippen LogP contribution in [0.4, 0.5) is 0 Å². The van der Waals surface area contributed by atoms with E-state index in [0.717, 1.165) is 4.88 Å². The summed E-state index contributed by atoms with van der Waals surface area (Å²) in [7, 11) is 0. The first-order valence-electron chi connectivity index (χ1n) is 4.11. The van der Waals surface area contributed by atoms with E-state index in [0.29, 0.717) is 12.8 Å². The molecule has 0 radical (unpaired) electrons. The predicted octanol–water partition coefficient (Wildman–Crippen LogP) is 1.43. The monoisotopic (exact) mass is 198 g/mol. The molecule has 4 heteroatoms. The molecule has 1 aliphatic carbocycles. The van der Waals surface area contributed by atoms with Crippen LogP contribution in [0.25, 0.3) is 0 Å². The molecule has 1 fully saturated rings. The molecule has 0 aromatic carbocycles. The van der Waals surface area contributed by atoms with Crippen molar-refractivity contribution < 1.29 is 15.0 Å². The number of carboxylic acid groups (broad SMARTS) is 1. The number of carbonyl (C=O) groups is 1. The Morgan fingerprint density at radius 3 is 2.77 bits per heavy atom. The van der Waals surface area contributed by atoms with Gasteiger partial charge in [-0.05, 0) is 24.3 Å². The van der Waals surface area contributed by atoms with Crippen molar-refractivity contribution >= 4 is 17.3 Å². The summed E-state index contributed by atoms with van der Waals surface area (Å²) < 4.78 is 0. The van der Waals surface area contributed by atoms with Gasteiger partial charge >= 0.3 is 5.97 Å². The van der Waals surface area contributed by atoms with Gasteiger partial charge in [0, 0.05) is 4.88 Å². The summed E-state index contributed by atoms with van der Waals surface area (Å²) in [6.07, 6.45) is 0.700. The van der Waals surface area contributed by atoms with Gasteiger partial charge in [0.1, 0.15) is 5.60 Å². The Morgan fingerprint density at radius 2 is 2.31 bits per heavy atom. The normalized spacial score (nSPS) is 32.5. The molecule has 0 atom stereocenters. The maximum absolute atomic E-state index is 10.5. The van der Waals surface area contributed by atoms with Gasteiger partial charge in [-0.3, -0.25) is 4.79 Å². The number of aliphatic hydroxyl groups is 1. The number of rotatable bonds is 2. The van der Waals surface area contributed by atoms with E-state index in [1.165, 1.54) is 11.3 Å². The molecule has 0 unspecified atom stereocenters. The minimum absolute atomic E-state index is 0.350. The summed E-state index contributed by atoms with van der Waals surface area (Å²) in [6, 6.07) is 3.72. The highest BCUT2D eigenvalue weighted by Crippen LogP contribution is 2.47. The van der Waals surface area contributed by atoms with Crippen molar-refractivity contribution in [2.24, 2.45) is 5.92 Å². The summed E-state index contributed by atoms with van der Waals surface area (Å²) in [4.78, 5) is 11.4. The fraction of sp³-hybridized carbons (Fsp3) is 0.444. The Labute approximate surface area is 79.6 Å². The minimum atomic E-state index is -0.864. The molecule has 70 valence electrons. The van der Waals surface area contributed by atoms with Crippen molar-refractivity contribution in [3.8, 4) is 0 Å². The van der Waals surface area contributed by atoms with Gasteiger partial charge < -0.3 is 10.2 Å². The maximum atomic E-state index is 10.5. The quantitative estimate of drug-likeness (QED) is 0.755. The number of thiophene rings is 1. The fourth-order valence-electron chi connectivity index (χ4n) is 1.67. The molecule has 0 aliphatic heterocycles. The number of hydrogen-bond donors (Lipinski definition) is 2. The molecule has 0 saturated heterocycles. The molecule has 13 heavy (non-hydrogen) atoms. The molecule has 3 nitrogen and oxygen atoms in total. The second-order valence-electron chi connectivity index (χ2n) is 3.45. The van der Waals surface area contributed by atoms with Crippen molar-refractivity contribution in [2.75, 3.05) is 0 Å². The standard InChI is InChI=1S/C9H10O3S/c10-8(11)6-4-9(12,5-6)7-2-1-3-13-7/h1-3,6,12H,4-5H2,(H,10,11). The van der Waals surface area contributed by atoms with Crippen LogP contribution in [0.2, 0.25) is 0 Å². The Kier molecular flexibility index (Phi) is 1.89. The molecule has 1 aromatic heterocycles. The Bertz CT molecular complexity index is 312. The second-order valence-corrected chi connectivity index (χ2v) is 4.40. The average molecular weight is 198 g/mol. The van der Waals surface area contributed by atoms with Crippen molar-refractivity contribution in [3.05, 3.63) is 22.4 Å². The van der Waals surface area contributed by atoms with E-state index < -0.39 is 11.6 Å². The van der Waals surface area contributed by atoms with Crippen molar-refractivity contribution in [1.82, 2.24) is 0 Å². The highest BCUT2D eigenvalue weighted by molar-refractivity contribution is 7.10. The molecular formula is C9H10O3S. The van der Waals surface area contributed by atoms with E-state index >= 15 is 0 Å². The highest BCUT2D eigenvalue weighted by atomic mass is 32.1. The smallest absolute Gasteiger partial charge is 0.306 e. The van der Waals surface area contributed by atoms with E-state index in [2.05, 4.69) is 0 Å². The molecule has 0 bridgehead atoms. The van der Waals surface area contributed by atoms with Crippen molar-refractivity contribution in [2.45, 2.75) is 18.4 Å².